The van der Waals surface area contributed by atoms with Crippen LogP contribution < -0.4 is 14.8 Å². The van der Waals surface area contributed by atoms with E-state index in [2.05, 4.69) is 5.32 Å². The highest BCUT2D eigenvalue weighted by atomic mass is 16.5. The normalized spacial score (nSPS) is 20.2. The summed E-state index contributed by atoms with van der Waals surface area (Å²) in [4.78, 5) is 23.0. The Labute approximate surface area is 147 Å². The number of methoxy groups -OCH3 is 1. The Morgan fingerprint density at radius 2 is 1.96 bits per heavy atom. The largest absolute Gasteiger partial charge is 0.493 e. The van der Waals surface area contributed by atoms with Crippen LogP contribution in [0, 0.1) is 5.92 Å². The fourth-order valence-electron chi connectivity index (χ4n) is 3.00. The highest BCUT2D eigenvalue weighted by molar-refractivity contribution is 5.78. The maximum atomic E-state index is 12.1. The average Bonchev–Trinajstić information content (AvgIpc) is 2.61. The van der Waals surface area contributed by atoms with Crippen LogP contribution in [0.2, 0.25) is 0 Å². The molecule has 2 rings (SSSR count). The molecule has 136 valence electrons. The first-order chi connectivity index (χ1) is 12.0. The number of allylic oxidation sites excluding steroid dienone is 1. The number of carboxylic acid groups (broad SMARTS) is 1. The number of carboxylic acids is 1. The van der Waals surface area contributed by atoms with E-state index in [0.717, 1.165) is 5.56 Å². The summed E-state index contributed by atoms with van der Waals surface area (Å²) < 4.78 is 10.9. The van der Waals surface area contributed by atoms with E-state index < -0.39 is 5.97 Å². The van der Waals surface area contributed by atoms with Gasteiger partial charge in [-0.2, -0.15) is 0 Å². The molecule has 0 radical (unpaired) electrons. The van der Waals surface area contributed by atoms with Gasteiger partial charge in [-0.3, -0.25) is 9.59 Å². The van der Waals surface area contributed by atoms with E-state index in [4.69, 9.17) is 14.6 Å². The van der Waals surface area contributed by atoms with Gasteiger partial charge in [-0.15, -0.1) is 0 Å². The molecule has 2 N–H and O–H groups in total. The smallest absolute Gasteiger partial charge is 0.306 e. The van der Waals surface area contributed by atoms with Crippen LogP contribution in [-0.4, -0.2) is 36.7 Å². The molecule has 0 aromatic heterocycles. The number of nitrogens with one attached hydrogen (secondary N) is 1. The predicted octanol–water partition coefficient (Wildman–Crippen LogP) is 2.87. The standard InChI is InChI=1S/C19H25NO5/c1-3-4-13-5-10-16(17(11-13)24-2)25-12-18(21)20-15-8-6-14(7-9-15)19(22)23/h3-5,10-11,14-15H,6-9,12H2,1-2H3,(H,20,21)(H,22,23). The van der Waals surface area contributed by atoms with Crippen LogP contribution >= 0.6 is 0 Å². The van der Waals surface area contributed by atoms with Gasteiger partial charge in [-0.05, 0) is 50.3 Å². The van der Waals surface area contributed by atoms with Gasteiger partial charge in [0.25, 0.3) is 5.91 Å². The highest BCUT2D eigenvalue weighted by Crippen LogP contribution is 2.28. The topological polar surface area (TPSA) is 84.9 Å². The van der Waals surface area contributed by atoms with Gasteiger partial charge in [0.15, 0.2) is 18.1 Å². The lowest BCUT2D eigenvalue weighted by molar-refractivity contribution is -0.142. The number of amides is 1. The lowest BCUT2D eigenvalue weighted by Crippen LogP contribution is -2.40. The second-order valence-corrected chi connectivity index (χ2v) is 6.15. The number of rotatable bonds is 7. The molecule has 0 aliphatic heterocycles. The lowest BCUT2D eigenvalue weighted by Gasteiger charge is -2.26. The molecule has 25 heavy (non-hydrogen) atoms. The predicted molar refractivity (Wildman–Crippen MR) is 94.7 cm³/mol. The third kappa shape index (κ3) is 5.52. The zero-order chi connectivity index (χ0) is 18.2. The van der Waals surface area contributed by atoms with Gasteiger partial charge in [-0.25, -0.2) is 0 Å². The molecule has 1 saturated carbocycles. The number of ether oxygens (including phenoxy) is 2. The first-order valence-electron chi connectivity index (χ1n) is 8.49. The zero-order valence-electron chi connectivity index (χ0n) is 14.7. The third-order valence-corrected chi connectivity index (χ3v) is 4.35. The fraction of sp³-hybridized carbons (Fsp3) is 0.474. The molecule has 6 nitrogen and oxygen atoms in total. The van der Waals surface area contributed by atoms with Crippen molar-refractivity contribution in [2.24, 2.45) is 5.92 Å². The molecular weight excluding hydrogens is 322 g/mol. The number of aliphatic carboxylic acids is 1. The Balaban J connectivity index is 1.83. The second kappa shape index (κ2) is 9.11. The van der Waals surface area contributed by atoms with Crippen molar-refractivity contribution in [2.75, 3.05) is 13.7 Å². The number of hydrogen-bond acceptors (Lipinski definition) is 4. The molecular formula is C19H25NO5. The first-order valence-corrected chi connectivity index (χ1v) is 8.49. The fourth-order valence-corrected chi connectivity index (χ4v) is 3.00. The quantitative estimate of drug-likeness (QED) is 0.792. The van der Waals surface area contributed by atoms with E-state index in [1.54, 1.807) is 13.2 Å². The number of carbonyl (C=O) groups is 2. The molecule has 0 heterocycles. The summed E-state index contributed by atoms with van der Waals surface area (Å²) in [6, 6.07) is 5.54. The number of benzene rings is 1. The van der Waals surface area contributed by atoms with Crippen LogP contribution in [0.3, 0.4) is 0 Å². The molecule has 1 aliphatic rings. The number of carbonyl (C=O) groups excluding carboxylic acids is 1. The van der Waals surface area contributed by atoms with E-state index in [1.807, 2.05) is 31.2 Å². The van der Waals surface area contributed by atoms with Crippen molar-refractivity contribution in [1.82, 2.24) is 5.32 Å². The Morgan fingerprint density at radius 1 is 1.24 bits per heavy atom. The molecule has 1 fully saturated rings. The Morgan fingerprint density at radius 3 is 2.56 bits per heavy atom. The average molecular weight is 347 g/mol. The molecule has 1 aliphatic carbocycles. The Kier molecular flexibility index (Phi) is 6.86. The first kappa shape index (κ1) is 18.8. The van der Waals surface area contributed by atoms with Gasteiger partial charge in [-0.1, -0.05) is 18.2 Å². The lowest BCUT2D eigenvalue weighted by atomic mass is 9.86. The van der Waals surface area contributed by atoms with E-state index in [1.165, 1.54) is 0 Å². The van der Waals surface area contributed by atoms with Crippen LogP contribution in [0.4, 0.5) is 0 Å². The summed E-state index contributed by atoms with van der Waals surface area (Å²) in [5, 5.41) is 11.9. The third-order valence-electron chi connectivity index (χ3n) is 4.35. The molecule has 1 aromatic carbocycles. The summed E-state index contributed by atoms with van der Waals surface area (Å²) in [5.41, 5.74) is 0.992. The summed E-state index contributed by atoms with van der Waals surface area (Å²) in [6.07, 6.45) is 6.45. The van der Waals surface area contributed by atoms with Crippen molar-refractivity contribution in [3.05, 3.63) is 29.8 Å². The van der Waals surface area contributed by atoms with Crippen LogP contribution in [0.5, 0.6) is 11.5 Å². The van der Waals surface area contributed by atoms with E-state index >= 15 is 0 Å². The van der Waals surface area contributed by atoms with Gasteiger partial charge >= 0.3 is 5.97 Å². The summed E-state index contributed by atoms with van der Waals surface area (Å²) in [7, 11) is 1.56. The molecule has 6 heteroatoms. The SMILES string of the molecule is CC=Cc1ccc(OCC(=O)NC2CCC(C(=O)O)CC2)c(OC)c1. The zero-order valence-corrected chi connectivity index (χ0v) is 14.7. The molecule has 0 unspecified atom stereocenters. The van der Waals surface area contributed by atoms with Crippen molar-refractivity contribution >= 4 is 18.0 Å². The van der Waals surface area contributed by atoms with Crippen molar-refractivity contribution in [3.8, 4) is 11.5 Å². The van der Waals surface area contributed by atoms with Crippen molar-refractivity contribution in [2.45, 2.75) is 38.6 Å². The second-order valence-electron chi connectivity index (χ2n) is 6.15. The van der Waals surface area contributed by atoms with E-state index in [9.17, 15) is 9.59 Å². The minimum absolute atomic E-state index is 0.0191. The summed E-state index contributed by atoms with van der Waals surface area (Å²) in [6.45, 7) is 1.84. The van der Waals surface area contributed by atoms with E-state index in [-0.39, 0.29) is 24.5 Å². The van der Waals surface area contributed by atoms with Gasteiger partial charge in [0.05, 0.1) is 13.0 Å². The minimum atomic E-state index is -0.749. The minimum Gasteiger partial charge on any atom is -0.493 e. The molecule has 1 aromatic rings. The summed E-state index contributed by atoms with van der Waals surface area (Å²) >= 11 is 0. The molecule has 0 spiro atoms. The maximum Gasteiger partial charge on any atom is 0.306 e. The van der Waals surface area contributed by atoms with Crippen LogP contribution in [0.25, 0.3) is 6.08 Å². The molecule has 0 saturated heterocycles. The van der Waals surface area contributed by atoms with Crippen LogP contribution in [0.1, 0.15) is 38.2 Å². The Bertz CT molecular complexity index is 633. The van der Waals surface area contributed by atoms with Crippen molar-refractivity contribution < 1.29 is 24.2 Å². The molecule has 1 amide bonds. The molecule has 0 atom stereocenters. The van der Waals surface area contributed by atoms with Gasteiger partial charge < -0.3 is 19.9 Å². The van der Waals surface area contributed by atoms with Gasteiger partial charge in [0.1, 0.15) is 0 Å². The van der Waals surface area contributed by atoms with Crippen molar-refractivity contribution in [3.63, 3.8) is 0 Å². The van der Waals surface area contributed by atoms with Gasteiger partial charge in [0.2, 0.25) is 0 Å². The van der Waals surface area contributed by atoms with E-state index in [0.29, 0.717) is 37.2 Å². The number of hydrogen-bond donors (Lipinski definition) is 2. The van der Waals surface area contributed by atoms with Crippen molar-refractivity contribution in [1.29, 1.82) is 0 Å². The maximum absolute atomic E-state index is 12.1. The van der Waals surface area contributed by atoms with Crippen LogP contribution in [0.15, 0.2) is 24.3 Å². The summed E-state index contributed by atoms with van der Waals surface area (Å²) in [5.74, 6) is -0.157. The monoisotopic (exact) mass is 347 g/mol. The molecule has 0 bridgehead atoms. The highest BCUT2D eigenvalue weighted by Gasteiger charge is 2.26. The van der Waals surface area contributed by atoms with Gasteiger partial charge in [0, 0.05) is 6.04 Å². The van der Waals surface area contributed by atoms with Crippen LogP contribution in [-0.2, 0) is 9.59 Å². The Hall–Kier alpha value is -2.50.